The standard InChI is InChI=1S/C16H19NO5/c1-20-14-5-2-3-6-15(14)22-11-16(19)17-9-8-12(18)13-7-4-10-21-13/h2-7,10,12,18H,8-9,11H2,1H3,(H,17,19)/t12-/m1/s1. The zero-order valence-electron chi connectivity index (χ0n) is 12.3. The van der Waals surface area contributed by atoms with Gasteiger partial charge in [0.15, 0.2) is 18.1 Å². The molecule has 1 aromatic carbocycles. The first-order valence-corrected chi connectivity index (χ1v) is 6.94. The van der Waals surface area contributed by atoms with Crippen molar-refractivity contribution >= 4 is 5.91 Å². The van der Waals surface area contributed by atoms with Crippen LogP contribution in [0.2, 0.25) is 0 Å². The number of furan rings is 1. The molecule has 0 aliphatic rings. The Labute approximate surface area is 128 Å². The maximum Gasteiger partial charge on any atom is 0.257 e. The second kappa shape index (κ2) is 8.09. The van der Waals surface area contributed by atoms with Crippen LogP contribution < -0.4 is 14.8 Å². The van der Waals surface area contributed by atoms with Gasteiger partial charge in [0.1, 0.15) is 11.9 Å². The monoisotopic (exact) mass is 305 g/mol. The van der Waals surface area contributed by atoms with Crippen LogP contribution in [-0.2, 0) is 4.79 Å². The molecule has 118 valence electrons. The van der Waals surface area contributed by atoms with Crippen LogP contribution in [0.1, 0.15) is 18.3 Å². The Balaban J connectivity index is 1.70. The lowest BCUT2D eigenvalue weighted by molar-refractivity contribution is -0.123. The average molecular weight is 305 g/mol. The third-order valence-electron chi connectivity index (χ3n) is 3.04. The van der Waals surface area contributed by atoms with Crippen LogP contribution >= 0.6 is 0 Å². The van der Waals surface area contributed by atoms with Crippen molar-refractivity contribution in [2.24, 2.45) is 0 Å². The molecule has 1 amide bonds. The minimum atomic E-state index is -0.731. The van der Waals surface area contributed by atoms with E-state index in [0.29, 0.717) is 30.2 Å². The van der Waals surface area contributed by atoms with Crippen molar-refractivity contribution in [3.8, 4) is 11.5 Å². The van der Waals surface area contributed by atoms with Gasteiger partial charge < -0.3 is 24.3 Å². The number of aliphatic hydroxyl groups is 1. The lowest BCUT2D eigenvalue weighted by Gasteiger charge is -2.11. The largest absolute Gasteiger partial charge is 0.493 e. The Hall–Kier alpha value is -2.47. The Bertz CT molecular complexity index is 582. The molecule has 0 radical (unpaired) electrons. The highest BCUT2D eigenvalue weighted by Gasteiger charge is 2.11. The number of ether oxygens (including phenoxy) is 2. The first-order valence-electron chi connectivity index (χ1n) is 6.94. The lowest BCUT2D eigenvalue weighted by Crippen LogP contribution is -2.30. The summed E-state index contributed by atoms with van der Waals surface area (Å²) in [4.78, 5) is 11.7. The third kappa shape index (κ3) is 4.53. The van der Waals surface area contributed by atoms with Crippen molar-refractivity contribution in [3.63, 3.8) is 0 Å². The fourth-order valence-corrected chi connectivity index (χ4v) is 1.90. The summed E-state index contributed by atoms with van der Waals surface area (Å²) in [6.45, 7) is 0.215. The molecule has 22 heavy (non-hydrogen) atoms. The van der Waals surface area contributed by atoms with Crippen LogP contribution in [0.5, 0.6) is 11.5 Å². The van der Waals surface area contributed by atoms with Crippen molar-refractivity contribution in [3.05, 3.63) is 48.4 Å². The van der Waals surface area contributed by atoms with Crippen LogP contribution in [0, 0.1) is 0 Å². The van der Waals surface area contributed by atoms with Crippen molar-refractivity contribution in [1.82, 2.24) is 5.32 Å². The van der Waals surface area contributed by atoms with Crippen LogP contribution in [0.3, 0.4) is 0 Å². The van der Waals surface area contributed by atoms with E-state index >= 15 is 0 Å². The van der Waals surface area contributed by atoms with Crippen molar-refractivity contribution in [2.45, 2.75) is 12.5 Å². The Kier molecular flexibility index (Phi) is 5.85. The Morgan fingerprint density at radius 2 is 2.05 bits per heavy atom. The second-order valence-corrected chi connectivity index (χ2v) is 4.61. The smallest absolute Gasteiger partial charge is 0.257 e. The van der Waals surface area contributed by atoms with Crippen molar-refractivity contribution in [1.29, 1.82) is 0 Å². The van der Waals surface area contributed by atoms with Gasteiger partial charge in [0.05, 0.1) is 13.4 Å². The number of carbonyl (C=O) groups is 1. The molecular weight excluding hydrogens is 286 g/mol. The summed E-state index contributed by atoms with van der Waals surface area (Å²) in [7, 11) is 1.54. The van der Waals surface area contributed by atoms with Crippen molar-refractivity contribution < 1.29 is 23.8 Å². The molecule has 6 nitrogen and oxygen atoms in total. The quantitative estimate of drug-likeness (QED) is 0.778. The second-order valence-electron chi connectivity index (χ2n) is 4.61. The number of rotatable bonds is 8. The minimum Gasteiger partial charge on any atom is -0.493 e. The number of hydrogen-bond donors (Lipinski definition) is 2. The number of aliphatic hydroxyl groups excluding tert-OH is 1. The number of amides is 1. The van der Waals surface area contributed by atoms with Gasteiger partial charge >= 0.3 is 0 Å². The SMILES string of the molecule is COc1ccccc1OCC(=O)NCC[C@@H](O)c1ccco1. The summed E-state index contributed by atoms with van der Waals surface area (Å²) in [6.07, 6.45) is 1.14. The molecule has 0 fully saturated rings. The highest BCUT2D eigenvalue weighted by molar-refractivity contribution is 5.77. The maximum absolute atomic E-state index is 11.7. The van der Waals surface area contributed by atoms with Gasteiger partial charge in [-0.25, -0.2) is 0 Å². The summed E-state index contributed by atoms with van der Waals surface area (Å²) in [5.74, 6) is 1.30. The number of methoxy groups -OCH3 is 1. The molecule has 1 aromatic heterocycles. The maximum atomic E-state index is 11.7. The highest BCUT2D eigenvalue weighted by atomic mass is 16.5. The van der Waals surface area contributed by atoms with E-state index in [0.717, 1.165) is 0 Å². The molecule has 0 unspecified atom stereocenters. The van der Waals surface area contributed by atoms with E-state index in [9.17, 15) is 9.90 Å². The van der Waals surface area contributed by atoms with E-state index in [1.54, 1.807) is 30.3 Å². The predicted octanol–water partition coefficient (Wildman–Crippen LogP) is 1.91. The van der Waals surface area contributed by atoms with Gasteiger partial charge in [-0.3, -0.25) is 4.79 Å². The summed E-state index contributed by atoms with van der Waals surface area (Å²) in [5.41, 5.74) is 0. The first-order chi connectivity index (χ1) is 10.7. The molecule has 0 saturated heterocycles. The van der Waals surface area contributed by atoms with Gasteiger partial charge in [0, 0.05) is 6.54 Å². The van der Waals surface area contributed by atoms with E-state index in [-0.39, 0.29) is 12.5 Å². The molecule has 2 aromatic rings. The van der Waals surface area contributed by atoms with E-state index in [2.05, 4.69) is 5.32 Å². The first kappa shape index (κ1) is 15.9. The molecule has 0 spiro atoms. The van der Waals surface area contributed by atoms with Crippen LogP contribution in [0.4, 0.5) is 0 Å². The Morgan fingerprint density at radius 1 is 1.27 bits per heavy atom. The highest BCUT2D eigenvalue weighted by Crippen LogP contribution is 2.25. The van der Waals surface area contributed by atoms with Gasteiger partial charge in [0.25, 0.3) is 5.91 Å². The van der Waals surface area contributed by atoms with E-state index in [1.807, 2.05) is 6.07 Å². The van der Waals surface area contributed by atoms with Gasteiger partial charge in [-0.15, -0.1) is 0 Å². The summed E-state index contributed by atoms with van der Waals surface area (Å²) in [6, 6.07) is 10.5. The summed E-state index contributed by atoms with van der Waals surface area (Å²) in [5, 5.41) is 12.5. The Morgan fingerprint density at radius 3 is 2.73 bits per heavy atom. The normalized spacial score (nSPS) is 11.7. The molecule has 0 bridgehead atoms. The molecule has 2 rings (SSSR count). The van der Waals surface area contributed by atoms with Gasteiger partial charge in [0.2, 0.25) is 0 Å². The number of nitrogens with one attached hydrogen (secondary N) is 1. The molecular formula is C16H19NO5. The van der Waals surface area contributed by atoms with Crippen molar-refractivity contribution in [2.75, 3.05) is 20.3 Å². The van der Waals surface area contributed by atoms with Crippen LogP contribution in [0.15, 0.2) is 47.1 Å². The van der Waals surface area contributed by atoms with E-state index < -0.39 is 6.10 Å². The number of carbonyl (C=O) groups excluding carboxylic acids is 1. The fraction of sp³-hybridized carbons (Fsp3) is 0.312. The van der Waals surface area contributed by atoms with E-state index in [4.69, 9.17) is 13.9 Å². The summed E-state index contributed by atoms with van der Waals surface area (Å²) < 4.78 is 15.6. The van der Waals surface area contributed by atoms with Gasteiger partial charge in [-0.2, -0.15) is 0 Å². The zero-order valence-corrected chi connectivity index (χ0v) is 12.3. The molecule has 1 atom stereocenters. The number of benzene rings is 1. The van der Waals surface area contributed by atoms with Crippen LogP contribution in [-0.4, -0.2) is 31.3 Å². The number of para-hydroxylation sites is 2. The lowest BCUT2D eigenvalue weighted by atomic mass is 10.2. The molecule has 0 saturated carbocycles. The summed E-state index contributed by atoms with van der Waals surface area (Å²) >= 11 is 0. The van der Waals surface area contributed by atoms with E-state index in [1.165, 1.54) is 13.4 Å². The minimum absolute atomic E-state index is 0.114. The molecule has 1 heterocycles. The third-order valence-corrected chi connectivity index (χ3v) is 3.04. The number of hydrogen-bond acceptors (Lipinski definition) is 5. The molecule has 2 N–H and O–H groups in total. The molecule has 0 aliphatic carbocycles. The topological polar surface area (TPSA) is 80.9 Å². The fourth-order valence-electron chi connectivity index (χ4n) is 1.90. The average Bonchev–Trinajstić information content (AvgIpc) is 3.07. The molecule has 6 heteroatoms. The van der Waals surface area contributed by atoms with Gasteiger partial charge in [-0.1, -0.05) is 12.1 Å². The predicted molar refractivity (Wildman–Crippen MR) is 79.8 cm³/mol. The molecule has 0 aliphatic heterocycles. The van der Waals surface area contributed by atoms with Gasteiger partial charge in [-0.05, 0) is 30.7 Å². The van der Waals surface area contributed by atoms with Crippen LogP contribution in [0.25, 0.3) is 0 Å². The zero-order chi connectivity index (χ0) is 15.8.